The lowest BCUT2D eigenvalue weighted by Gasteiger charge is -2.39. The van der Waals surface area contributed by atoms with E-state index in [4.69, 9.17) is 4.74 Å². The van der Waals surface area contributed by atoms with E-state index in [1.807, 2.05) is 0 Å². The van der Waals surface area contributed by atoms with Gasteiger partial charge in [0.05, 0.1) is 11.7 Å². The van der Waals surface area contributed by atoms with Crippen LogP contribution >= 0.6 is 0 Å². The van der Waals surface area contributed by atoms with Gasteiger partial charge in [-0.15, -0.1) is 0 Å². The highest BCUT2D eigenvalue weighted by Crippen LogP contribution is 2.31. The van der Waals surface area contributed by atoms with Gasteiger partial charge in [-0.05, 0) is 18.8 Å². The molecule has 86 valence electrons. The van der Waals surface area contributed by atoms with Crippen LogP contribution in [0, 0.1) is 5.92 Å². The Morgan fingerprint density at radius 3 is 1.71 bits per heavy atom. The molecule has 0 aliphatic rings. The lowest BCUT2D eigenvalue weighted by atomic mass is 9.80. The molecule has 1 atom stereocenters. The van der Waals surface area contributed by atoms with Crippen molar-refractivity contribution in [1.82, 2.24) is 0 Å². The van der Waals surface area contributed by atoms with Crippen molar-refractivity contribution in [3.63, 3.8) is 0 Å². The molecule has 0 aromatic rings. The molecule has 2 nitrogen and oxygen atoms in total. The summed E-state index contributed by atoms with van der Waals surface area (Å²) in [4.78, 5) is 0. The predicted molar refractivity (Wildman–Crippen MR) is 60.4 cm³/mol. The van der Waals surface area contributed by atoms with E-state index in [2.05, 4.69) is 27.7 Å². The second kappa shape index (κ2) is 6.41. The molecule has 0 saturated carbocycles. The van der Waals surface area contributed by atoms with E-state index >= 15 is 0 Å². The van der Waals surface area contributed by atoms with Gasteiger partial charge >= 0.3 is 0 Å². The SMILES string of the molecule is CCC(CC)C(O)C(CC)(CC)OC. The second-order valence-electron chi connectivity index (χ2n) is 4.00. The lowest BCUT2D eigenvalue weighted by Crippen LogP contribution is -2.47. The molecule has 0 rings (SSSR count). The number of ether oxygens (including phenoxy) is 1. The first kappa shape index (κ1) is 13.9. The zero-order valence-corrected chi connectivity index (χ0v) is 10.3. The Morgan fingerprint density at radius 2 is 1.50 bits per heavy atom. The molecule has 0 radical (unpaired) electrons. The molecule has 14 heavy (non-hydrogen) atoms. The third-order valence-electron chi connectivity index (χ3n) is 3.64. The first-order valence-corrected chi connectivity index (χ1v) is 5.84. The van der Waals surface area contributed by atoms with Crippen LogP contribution in [0.1, 0.15) is 53.4 Å². The van der Waals surface area contributed by atoms with Gasteiger partial charge in [0.1, 0.15) is 0 Å². The van der Waals surface area contributed by atoms with Crippen molar-refractivity contribution in [3.8, 4) is 0 Å². The van der Waals surface area contributed by atoms with Gasteiger partial charge < -0.3 is 9.84 Å². The minimum atomic E-state index is -0.337. The van der Waals surface area contributed by atoms with Gasteiger partial charge in [-0.2, -0.15) is 0 Å². The van der Waals surface area contributed by atoms with Crippen LogP contribution in [0.25, 0.3) is 0 Å². The van der Waals surface area contributed by atoms with Crippen molar-refractivity contribution in [2.24, 2.45) is 5.92 Å². The summed E-state index contributed by atoms with van der Waals surface area (Å²) < 4.78 is 5.53. The third-order valence-corrected chi connectivity index (χ3v) is 3.64. The molecule has 2 heteroatoms. The van der Waals surface area contributed by atoms with Crippen molar-refractivity contribution in [2.75, 3.05) is 7.11 Å². The molecule has 0 aromatic heterocycles. The fourth-order valence-electron chi connectivity index (χ4n) is 2.24. The van der Waals surface area contributed by atoms with E-state index in [1.165, 1.54) is 0 Å². The topological polar surface area (TPSA) is 29.5 Å². The Balaban J connectivity index is 4.63. The number of rotatable bonds is 7. The molecule has 0 aliphatic heterocycles. The van der Waals surface area contributed by atoms with Crippen LogP contribution in [0.3, 0.4) is 0 Å². The summed E-state index contributed by atoms with van der Waals surface area (Å²) in [5.74, 6) is 0.356. The maximum Gasteiger partial charge on any atom is 0.0933 e. The zero-order valence-electron chi connectivity index (χ0n) is 10.3. The molecule has 1 N–H and O–H groups in total. The van der Waals surface area contributed by atoms with E-state index in [0.717, 1.165) is 25.7 Å². The van der Waals surface area contributed by atoms with Crippen molar-refractivity contribution in [1.29, 1.82) is 0 Å². The number of hydrogen-bond donors (Lipinski definition) is 1. The van der Waals surface area contributed by atoms with Gasteiger partial charge in [-0.25, -0.2) is 0 Å². The third kappa shape index (κ3) is 2.71. The molecule has 0 heterocycles. The highest BCUT2D eigenvalue weighted by molar-refractivity contribution is 4.89. The number of hydrogen-bond acceptors (Lipinski definition) is 2. The summed E-state index contributed by atoms with van der Waals surface area (Å²) in [6, 6.07) is 0. The van der Waals surface area contributed by atoms with Crippen molar-refractivity contribution < 1.29 is 9.84 Å². The molecule has 0 saturated heterocycles. The molecule has 0 fully saturated rings. The van der Waals surface area contributed by atoms with Crippen molar-refractivity contribution >= 4 is 0 Å². The summed E-state index contributed by atoms with van der Waals surface area (Å²) >= 11 is 0. The standard InChI is InChI=1S/C12H26O2/c1-6-10(7-2)11(13)12(8-3,9-4)14-5/h10-11,13H,6-9H2,1-5H3. The summed E-state index contributed by atoms with van der Waals surface area (Å²) in [7, 11) is 1.71. The monoisotopic (exact) mass is 202 g/mol. The van der Waals surface area contributed by atoms with Gasteiger partial charge in [0.25, 0.3) is 0 Å². The van der Waals surface area contributed by atoms with Gasteiger partial charge in [0.15, 0.2) is 0 Å². The fourth-order valence-corrected chi connectivity index (χ4v) is 2.24. The quantitative estimate of drug-likeness (QED) is 0.687. The van der Waals surface area contributed by atoms with Gasteiger partial charge in [0, 0.05) is 7.11 Å². The van der Waals surface area contributed by atoms with Crippen LogP contribution in [0.5, 0.6) is 0 Å². The van der Waals surface area contributed by atoms with Gasteiger partial charge in [-0.3, -0.25) is 0 Å². The molecular weight excluding hydrogens is 176 g/mol. The van der Waals surface area contributed by atoms with E-state index < -0.39 is 0 Å². The number of aliphatic hydroxyl groups excluding tert-OH is 1. The Hall–Kier alpha value is -0.0800. The molecule has 0 bridgehead atoms. The summed E-state index contributed by atoms with van der Waals surface area (Å²) in [5.41, 5.74) is -0.337. The maximum atomic E-state index is 10.3. The molecule has 0 aliphatic carbocycles. The smallest absolute Gasteiger partial charge is 0.0933 e. The van der Waals surface area contributed by atoms with Gasteiger partial charge in [0.2, 0.25) is 0 Å². The van der Waals surface area contributed by atoms with Crippen LogP contribution in [-0.4, -0.2) is 23.9 Å². The molecule has 0 aromatic carbocycles. The van der Waals surface area contributed by atoms with Crippen LogP contribution in [0.2, 0.25) is 0 Å². The summed E-state index contributed by atoms with van der Waals surface area (Å²) in [6.07, 6.45) is 3.44. The summed E-state index contributed by atoms with van der Waals surface area (Å²) in [5, 5.41) is 10.3. The average Bonchev–Trinajstić information content (AvgIpc) is 2.23. The Morgan fingerprint density at radius 1 is 1.07 bits per heavy atom. The Kier molecular flexibility index (Phi) is 6.38. The number of aliphatic hydroxyl groups is 1. The molecule has 0 spiro atoms. The van der Waals surface area contributed by atoms with E-state index in [-0.39, 0.29) is 11.7 Å². The Bertz CT molecular complexity index is 129. The second-order valence-corrected chi connectivity index (χ2v) is 4.00. The average molecular weight is 202 g/mol. The summed E-state index contributed by atoms with van der Waals surface area (Å²) in [6.45, 7) is 8.42. The zero-order chi connectivity index (χ0) is 11.2. The minimum Gasteiger partial charge on any atom is -0.390 e. The normalized spacial score (nSPS) is 14.8. The maximum absolute atomic E-state index is 10.3. The van der Waals surface area contributed by atoms with Crippen LogP contribution in [-0.2, 0) is 4.74 Å². The van der Waals surface area contributed by atoms with E-state index in [0.29, 0.717) is 5.92 Å². The van der Waals surface area contributed by atoms with Crippen LogP contribution in [0.4, 0.5) is 0 Å². The van der Waals surface area contributed by atoms with Crippen LogP contribution < -0.4 is 0 Å². The van der Waals surface area contributed by atoms with Crippen LogP contribution in [0.15, 0.2) is 0 Å². The fraction of sp³-hybridized carbons (Fsp3) is 1.00. The first-order chi connectivity index (χ1) is 6.61. The molecule has 0 amide bonds. The minimum absolute atomic E-state index is 0.336. The molecule has 1 unspecified atom stereocenters. The molecular formula is C12H26O2. The van der Waals surface area contributed by atoms with E-state index in [1.54, 1.807) is 7.11 Å². The van der Waals surface area contributed by atoms with E-state index in [9.17, 15) is 5.11 Å². The number of methoxy groups -OCH3 is 1. The highest BCUT2D eigenvalue weighted by Gasteiger charge is 2.38. The predicted octanol–water partition coefficient (Wildman–Crippen LogP) is 2.99. The first-order valence-electron chi connectivity index (χ1n) is 5.84. The largest absolute Gasteiger partial charge is 0.390 e. The Labute approximate surface area is 88.7 Å². The van der Waals surface area contributed by atoms with Crippen molar-refractivity contribution in [2.45, 2.75) is 65.1 Å². The van der Waals surface area contributed by atoms with Crippen molar-refractivity contribution in [3.05, 3.63) is 0 Å². The van der Waals surface area contributed by atoms with Gasteiger partial charge in [-0.1, -0.05) is 40.5 Å². The lowest BCUT2D eigenvalue weighted by molar-refractivity contribution is -0.129. The highest BCUT2D eigenvalue weighted by atomic mass is 16.5.